The molecule has 0 aliphatic carbocycles. The average molecular weight is 237 g/mol. The molecule has 0 unspecified atom stereocenters. The zero-order valence-corrected chi connectivity index (χ0v) is 9.80. The van der Waals surface area contributed by atoms with Crippen LogP contribution in [0.15, 0.2) is 6.07 Å². The van der Waals surface area contributed by atoms with E-state index in [1.165, 1.54) is 10.7 Å². The first kappa shape index (κ1) is 11.6. The second-order valence-corrected chi connectivity index (χ2v) is 4.29. The average Bonchev–Trinajstić information content (AvgIpc) is 2.58. The van der Waals surface area contributed by atoms with Gasteiger partial charge in [-0.3, -0.25) is 14.3 Å². The predicted molar refractivity (Wildman–Crippen MR) is 60.5 cm³/mol. The highest BCUT2D eigenvalue weighted by atomic mass is 16.2. The number of aromatic nitrogens is 2. The largest absolute Gasteiger partial charge is 0.364 e. The van der Waals surface area contributed by atoms with Crippen molar-refractivity contribution in [3.05, 3.63) is 17.5 Å². The van der Waals surface area contributed by atoms with Crippen molar-refractivity contribution in [1.82, 2.24) is 20.0 Å². The lowest BCUT2D eigenvalue weighted by Gasteiger charge is -2.36. The number of aryl methyl sites for hydroxylation is 1. The van der Waals surface area contributed by atoms with Crippen LogP contribution in [-0.2, 0) is 7.05 Å². The Labute approximate surface area is 98.6 Å². The molecule has 7 heteroatoms. The number of rotatable bonds is 3. The van der Waals surface area contributed by atoms with Gasteiger partial charge in [0.05, 0.1) is 6.04 Å². The number of hydrogen-bond donors (Lipinski definition) is 2. The first-order chi connectivity index (χ1) is 7.97. The topological polar surface area (TPSA) is 93.2 Å². The normalized spacial score (nSPS) is 16.6. The van der Waals surface area contributed by atoms with Crippen molar-refractivity contribution in [1.29, 1.82) is 0 Å². The van der Waals surface area contributed by atoms with Gasteiger partial charge in [0.25, 0.3) is 11.8 Å². The summed E-state index contributed by atoms with van der Waals surface area (Å²) in [7, 11) is 3.59. The molecule has 7 nitrogen and oxygen atoms in total. The van der Waals surface area contributed by atoms with Gasteiger partial charge in [0.1, 0.15) is 5.69 Å². The van der Waals surface area contributed by atoms with Crippen LogP contribution < -0.4 is 11.1 Å². The van der Waals surface area contributed by atoms with Crippen molar-refractivity contribution in [2.24, 2.45) is 12.8 Å². The summed E-state index contributed by atoms with van der Waals surface area (Å²) in [5.41, 5.74) is 5.54. The van der Waals surface area contributed by atoms with Crippen molar-refractivity contribution >= 4 is 11.8 Å². The predicted octanol–water partition coefficient (Wildman–Crippen LogP) is -1.44. The second-order valence-electron chi connectivity index (χ2n) is 4.29. The third kappa shape index (κ3) is 2.28. The Morgan fingerprint density at radius 2 is 2.12 bits per heavy atom. The molecule has 1 aliphatic rings. The summed E-state index contributed by atoms with van der Waals surface area (Å²) in [6, 6.07) is 1.57. The molecule has 0 bridgehead atoms. The van der Waals surface area contributed by atoms with Crippen molar-refractivity contribution in [2.75, 3.05) is 20.1 Å². The maximum absolute atomic E-state index is 11.9. The molecule has 1 saturated heterocycles. The molecule has 1 aromatic heterocycles. The first-order valence-electron chi connectivity index (χ1n) is 5.30. The zero-order chi connectivity index (χ0) is 12.6. The van der Waals surface area contributed by atoms with Crippen LogP contribution in [-0.4, -0.2) is 52.7 Å². The quantitative estimate of drug-likeness (QED) is 0.673. The van der Waals surface area contributed by atoms with Crippen LogP contribution in [0.3, 0.4) is 0 Å². The Morgan fingerprint density at radius 3 is 2.59 bits per heavy atom. The van der Waals surface area contributed by atoms with Gasteiger partial charge in [-0.25, -0.2) is 0 Å². The smallest absolute Gasteiger partial charge is 0.269 e. The number of amides is 2. The van der Waals surface area contributed by atoms with E-state index in [2.05, 4.69) is 15.3 Å². The highest BCUT2D eigenvalue weighted by Crippen LogP contribution is 2.07. The number of hydrogen-bond acceptors (Lipinski definition) is 4. The van der Waals surface area contributed by atoms with Gasteiger partial charge < -0.3 is 16.0 Å². The van der Waals surface area contributed by atoms with E-state index < -0.39 is 5.91 Å². The van der Waals surface area contributed by atoms with Crippen molar-refractivity contribution < 1.29 is 9.59 Å². The van der Waals surface area contributed by atoms with E-state index in [0.29, 0.717) is 5.69 Å². The maximum atomic E-state index is 11.9. The minimum atomic E-state index is -0.636. The van der Waals surface area contributed by atoms with Crippen LogP contribution in [0.5, 0.6) is 0 Å². The standard InChI is InChI=1S/C10H15N5O2/c1-14-4-6(5-14)12-10(17)8-3-7(9(11)16)13-15(8)2/h3,6H,4-5H2,1-2H3,(H2,11,16)(H,12,17). The number of nitrogens with two attached hydrogens (primary N) is 1. The van der Waals surface area contributed by atoms with Crippen molar-refractivity contribution in [3.8, 4) is 0 Å². The van der Waals surface area contributed by atoms with Crippen LogP contribution in [0.25, 0.3) is 0 Å². The van der Waals surface area contributed by atoms with Gasteiger partial charge in [0.2, 0.25) is 0 Å². The van der Waals surface area contributed by atoms with Crippen molar-refractivity contribution in [2.45, 2.75) is 6.04 Å². The molecule has 0 saturated carbocycles. The first-order valence-corrected chi connectivity index (χ1v) is 5.30. The molecule has 1 aromatic rings. The van der Waals surface area contributed by atoms with E-state index in [0.717, 1.165) is 13.1 Å². The summed E-state index contributed by atoms with van der Waals surface area (Å²) in [6.45, 7) is 1.68. The fourth-order valence-electron chi connectivity index (χ4n) is 1.85. The molecule has 0 aromatic carbocycles. The number of carbonyl (C=O) groups is 2. The van der Waals surface area contributed by atoms with Gasteiger partial charge in [0, 0.05) is 26.2 Å². The van der Waals surface area contributed by atoms with Gasteiger partial charge >= 0.3 is 0 Å². The lowest BCUT2D eigenvalue weighted by Crippen LogP contribution is -2.57. The Kier molecular flexibility index (Phi) is 2.84. The lowest BCUT2D eigenvalue weighted by molar-refractivity contribution is 0.0848. The van der Waals surface area contributed by atoms with Gasteiger partial charge in [-0.1, -0.05) is 0 Å². The van der Waals surface area contributed by atoms with E-state index in [9.17, 15) is 9.59 Å². The molecule has 0 radical (unpaired) electrons. The van der Waals surface area contributed by atoms with Crippen LogP contribution >= 0.6 is 0 Å². The second kappa shape index (κ2) is 4.17. The Balaban J connectivity index is 2.06. The molecular formula is C10H15N5O2. The maximum Gasteiger partial charge on any atom is 0.269 e. The SMILES string of the molecule is CN1CC(NC(=O)c2cc(C(N)=O)nn2C)C1. The number of primary amides is 1. The highest BCUT2D eigenvalue weighted by Gasteiger charge is 2.26. The van der Waals surface area contributed by atoms with E-state index >= 15 is 0 Å². The fraction of sp³-hybridized carbons (Fsp3) is 0.500. The molecular weight excluding hydrogens is 222 g/mol. The van der Waals surface area contributed by atoms with E-state index in [-0.39, 0.29) is 17.6 Å². The van der Waals surface area contributed by atoms with Gasteiger partial charge in [-0.15, -0.1) is 0 Å². The third-order valence-corrected chi connectivity index (χ3v) is 2.76. The van der Waals surface area contributed by atoms with E-state index in [1.54, 1.807) is 7.05 Å². The molecule has 2 heterocycles. The van der Waals surface area contributed by atoms with Crippen LogP contribution in [0, 0.1) is 0 Å². The van der Waals surface area contributed by atoms with E-state index in [1.807, 2.05) is 7.05 Å². The zero-order valence-electron chi connectivity index (χ0n) is 9.80. The summed E-state index contributed by atoms with van der Waals surface area (Å²) >= 11 is 0. The summed E-state index contributed by atoms with van der Waals surface area (Å²) in [5.74, 6) is -0.867. The van der Waals surface area contributed by atoms with Crippen LogP contribution in [0.2, 0.25) is 0 Å². The third-order valence-electron chi connectivity index (χ3n) is 2.76. The van der Waals surface area contributed by atoms with Crippen LogP contribution in [0.1, 0.15) is 21.0 Å². The monoisotopic (exact) mass is 237 g/mol. The molecule has 17 heavy (non-hydrogen) atoms. The summed E-state index contributed by atoms with van der Waals surface area (Å²) in [6.07, 6.45) is 0. The van der Waals surface area contributed by atoms with Crippen molar-refractivity contribution in [3.63, 3.8) is 0 Å². The molecule has 3 N–H and O–H groups in total. The Morgan fingerprint density at radius 1 is 1.47 bits per heavy atom. The van der Waals surface area contributed by atoms with Gasteiger partial charge in [-0.05, 0) is 7.05 Å². The number of likely N-dealkylation sites (N-methyl/N-ethyl adjacent to an activating group) is 1. The molecule has 92 valence electrons. The number of nitrogens with one attached hydrogen (secondary N) is 1. The summed E-state index contributed by atoms with van der Waals surface area (Å²) < 4.78 is 1.36. The van der Waals surface area contributed by atoms with Gasteiger partial charge in [0.15, 0.2) is 5.69 Å². The molecule has 1 aliphatic heterocycles. The molecule has 2 amide bonds. The van der Waals surface area contributed by atoms with Gasteiger partial charge in [-0.2, -0.15) is 5.10 Å². The number of nitrogens with zero attached hydrogens (tertiary/aromatic N) is 3. The summed E-state index contributed by atoms with van der Waals surface area (Å²) in [4.78, 5) is 24.9. The molecule has 1 fully saturated rings. The fourth-order valence-corrected chi connectivity index (χ4v) is 1.85. The van der Waals surface area contributed by atoms with E-state index in [4.69, 9.17) is 5.73 Å². The van der Waals surface area contributed by atoms with Crippen LogP contribution in [0.4, 0.5) is 0 Å². The number of likely N-dealkylation sites (tertiary alicyclic amines) is 1. The number of carbonyl (C=O) groups excluding carboxylic acids is 2. The minimum absolute atomic E-state index is 0.100. The summed E-state index contributed by atoms with van der Waals surface area (Å²) in [5, 5.41) is 6.73. The molecule has 2 rings (SSSR count). The Bertz CT molecular complexity index is 461. The highest BCUT2D eigenvalue weighted by molar-refractivity contribution is 5.97. The molecule has 0 atom stereocenters. The lowest BCUT2D eigenvalue weighted by atomic mass is 10.1. The Hall–Kier alpha value is -1.89. The molecule has 0 spiro atoms. The minimum Gasteiger partial charge on any atom is -0.364 e.